The van der Waals surface area contributed by atoms with Crippen LogP contribution < -0.4 is 5.32 Å². The maximum absolute atomic E-state index is 12.9. The molecule has 1 fully saturated rings. The summed E-state index contributed by atoms with van der Waals surface area (Å²) < 4.78 is 5.46. The predicted molar refractivity (Wildman–Crippen MR) is 132 cm³/mol. The lowest BCUT2D eigenvalue weighted by Gasteiger charge is -2.41. The fourth-order valence-electron chi connectivity index (χ4n) is 3.22. The molecule has 3 amide bonds. The van der Waals surface area contributed by atoms with Crippen LogP contribution in [0.2, 0.25) is 0 Å². The summed E-state index contributed by atoms with van der Waals surface area (Å²) in [6, 6.07) is 3.24. The van der Waals surface area contributed by atoms with Crippen molar-refractivity contribution in [2.45, 2.75) is 92.8 Å². The molecule has 1 aliphatic heterocycles. The number of aromatic nitrogens is 1. The zero-order valence-corrected chi connectivity index (χ0v) is 22.0. The van der Waals surface area contributed by atoms with E-state index in [0.717, 1.165) is 5.56 Å². The summed E-state index contributed by atoms with van der Waals surface area (Å²) in [7, 11) is 0. The first-order valence-electron chi connectivity index (χ1n) is 12.0. The van der Waals surface area contributed by atoms with Crippen molar-refractivity contribution in [3.63, 3.8) is 0 Å². The Morgan fingerprint density at radius 2 is 1.79 bits per heavy atom. The maximum Gasteiger partial charge on any atom is 0.410 e. The van der Waals surface area contributed by atoms with Gasteiger partial charge in [0.2, 0.25) is 11.8 Å². The highest BCUT2D eigenvalue weighted by atomic mass is 16.6. The number of hydrogen-bond acceptors (Lipinski definition) is 5. The number of rotatable bonds is 5. The van der Waals surface area contributed by atoms with E-state index in [1.807, 2.05) is 68.4 Å². The van der Waals surface area contributed by atoms with Gasteiger partial charge in [0.1, 0.15) is 5.60 Å². The molecule has 0 radical (unpaired) electrons. The quantitative estimate of drug-likeness (QED) is 0.710. The van der Waals surface area contributed by atoms with Crippen LogP contribution in [0.4, 0.5) is 4.79 Å². The van der Waals surface area contributed by atoms with Crippen molar-refractivity contribution in [1.82, 2.24) is 20.1 Å². The van der Waals surface area contributed by atoms with Crippen LogP contribution in [-0.2, 0) is 20.7 Å². The van der Waals surface area contributed by atoms with Crippen LogP contribution in [0.15, 0.2) is 24.5 Å². The molecule has 1 aromatic heterocycles. The Kier molecular flexibility index (Phi) is 14.0. The predicted octanol–water partition coefficient (Wildman–Crippen LogP) is 4.04. The van der Waals surface area contributed by atoms with Gasteiger partial charge in [-0.25, -0.2) is 4.79 Å². The zero-order valence-electron chi connectivity index (χ0n) is 22.0. The van der Waals surface area contributed by atoms with Crippen molar-refractivity contribution in [1.29, 1.82) is 0 Å². The van der Waals surface area contributed by atoms with Gasteiger partial charge in [0.25, 0.3) is 0 Å². The zero-order chi connectivity index (χ0) is 25.6. The average Bonchev–Trinajstić information content (AvgIpc) is 2.75. The molecule has 0 saturated carbocycles. The molecule has 8 heteroatoms. The molecule has 1 N–H and O–H groups in total. The Morgan fingerprint density at radius 1 is 1.15 bits per heavy atom. The molecule has 33 heavy (non-hydrogen) atoms. The minimum Gasteiger partial charge on any atom is -0.444 e. The van der Waals surface area contributed by atoms with E-state index in [0.29, 0.717) is 13.1 Å². The first-order chi connectivity index (χ1) is 15.5. The number of amides is 3. The van der Waals surface area contributed by atoms with E-state index in [1.54, 1.807) is 28.3 Å². The lowest BCUT2D eigenvalue weighted by Crippen LogP contribution is -2.58. The summed E-state index contributed by atoms with van der Waals surface area (Å²) in [6.45, 7) is 18.2. The van der Waals surface area contributed by atoms with Crippen molar-refractivity contribution >= 4 is 17.9 Å². The van der Waals surface area contributed by atoms with Gasteiger partial charge >= 0.3 is 6.09 Å². The molecule has 1 aromatic rings. The molecule has 1 unspecified atom stereocenters. The first kappa shape index (κ1) is 30.4. The van der Waals surface area contributed by atoms with E-state index in [4.69, 9.17) is 4.74 Å². The van der Waals surface area contributed by atoms with Crippen LogP contribution >= 0.6 is 0 Å². The third kappa shape index (κ3) is 11.7. The SMILES string of the molecule is CC.CC.CC(C)NC(=O)CC1CN(C(=O)OC(C)(C)C)CCN1C(=O)Cc1cccnc1. The standard InChI is InChI=1S/C21H32N4O4.2C2H6/c1-15(2)23-18(26)12-17-14-24(20(28)29-21(3,4)5)9-10-25(17)19(27)11-16-7-6-8-22-13-16;2*1-2/h6-8,13,15,17H,9-12,14H2,1-5H3,(H,23,26);2*1-2H3. The van der Waals surface area contributed by atoms with Gasteiger partial charge in [-0.3, -0.25) is 14.6 Å². The number of ether oxygens (including phenoxy) is 1. The Hall–Kier alpha value is -2.64. The second-order valence-electron chi connectivity index (χ2n) is 8.63. The van der Waals surface area contributed by atoms with Crippen molar-refractivity contribution in [2.75, 3.05) is 19.6 Å². The number of carbonyl (C=O) groups is 3. The van der Waals surface area contributed by atoms with Gasteiger partial charge in [-0.05, 0) is 46.2 Å². The summed E-state index contributed by atoms with van der Waals surface area (Å²) >= 11 is 0. The number of nitrogens with one attached hydrogen (secondary N) is 1. The van der Waals surface area contributed by atoms with Crippen molar-refractivity contribution in [3.8, 4) is 0 Å². The molecule has 2 heterocycles. The van der Waals surface area contributed by atoms with Crippen LogP contribution in [0.25, 0.3) is 0 Å². The highest BCUT2D eigenvalue weighted by molar-refractivity contribution is 5.82. The monoisotopic (exact) mass is 464 g/mol. The summed E-state index contributed by atoms with van der Waals surface area (Å²) in [5.41, 5.74) is 0.215. The highest BCUT2D eigenvalue weighted by Crippen LogP contribution is 2.18. The summed E-state index contributed by atoms with van der Waals surface area (Å²) in [5.74, 6) is -0.223. The number of nitrogens with zero attached hydrogens (tertiary/aromatic N) is 3. The maximum atomic E-state index is 12.9. The van der Waals surface area contributed by atoms with Gasteiger partial charge in [0, 0.05) is 44.5 Å². The largest absolute Gasteiger partial charge is 0.444 e. The lowest BCUT2D eigenvalue weighted by molar-refractivity contribution is -0.137. The molecule has 0 bridgehead atoms. The number of hydrogen-bond donors (Lipinski definition) is 1. The molecule has 1 aliphatic rings. The molecular weight excluding hydrogens is 420 g/mol. The number of piperazine rings is 1. The van der Waals surface area contributed by atoms with Crippen LogP contribution in [0.5, 0.6) is 0 Å². The average molecular weight is 465 g/mol. The van der Waals surface area contributed by atoms with Gasteiger partial charge in [0.15, 0.2) is 0 Å². The molecule has 8 nitrogen and oxygen atoms in total. The molecule has 0 spiro atoms. The van der Waals surface area contributed by atoms with Crippen LogP contribution in [0.3, 0.4) is 0 Å². The Morgan fingerprint density at radius 3 is 2.30 bits per heavy atom. The van der Waals surface area contributed by atoms with Crippen LogP contribution in [0.1, 0.15) is 74.3 Å². The minimum atomic E-state index is -0.602. The van der Waals surface area contributed by atoms with E-state index >= 15 is 0 Å². The smallest absolute Gasteiger partial charge is 0.410 e. The third-order valence-corrected chi connectivity index (χ3v) is 4.40. The fourth-order valence-corrected chi connectivity index (χ4v) is 3.22. The summed E-state index contributed by atoms with van der Waals surface area (Å²) in [5, 5.41) is 2.86. The van der Waals surface area contributed by atoms with E-state index in [2.05, 4.69) is 10.3 Å². The van der Waals surface area contributed by atoms with Crippen LogP contribution in [0, 0.1) is 0 Å². The number of pyridine rings is 1. The Bertz CT molecular complexity index is 717. The Labute approximate surface area is 200 Å². The van der Waals surface area contributed by atoms with Crippen molar-refractivity contribution < 1.29 is 19.1 Å². The van der Waals surface area contributed by atoms with Gasteiger partial charge in [-0.15, -0.1) is 0 Å². The lowest BCUT2D eigenvalue weighted by atomic mass is 10.1. The molecular formula is C25H44N4O4. The van der Waals surface area contributed by atoms with E-state index in [-0.39, 0.29) is 37.2 Å². The molecule has 1 saturated heterocycles. The second kappa shape index (κ2) is 15.2. The number of carbonyl (C=O) groups excluding carboxylic acids is 3. The summed E-state index contributed by atoms with van der Waals surface area (Å²) in [6.07, 6.45) is 3.24. The molecule has 0 aliphatic carbocycles. The second-order valence-corrected chi connectivity index (χ2v) is 8.63. The van der Waals surface area contributed by atoms with Gasteiger partial charge in [-0.2, -0.15) is 0 Å². The van der Waals surface area contributed by atoms with Crippen molar-refractivity contribution in [2.24, 2.45) is 0 Å². The van der Waals surface area contributed by atoms with E-state index in [9.17, 15) is 14.4 Å². The molecule has 2 rings (SSSR count). The molecule has 0 aromatic carbocycles. The fraction of sp³-hybridized carbons (Fsp3) is 0.680. The molecule has 188 valence electrons. The molecule has 1 atom stereocenters. The van der Waals surface area contributed by atoms with Gasteiger partial charge < -0.3 is 19.9 Å². The normalized spacial score (nSPS) is 15.5. The topological polar surface area (TPSA) is 91.8 Å². The Balaban J connectivity index is 0.00000242. The summed E-state index contributed by atoms with van der Waals surface area (Å²) in [4.78, 5) is 45.1. The highest BCUT2D eigenvalue weighted by Gasteiger charge is 2.35. The van der Waals surface area contributed by atoms with Crippen LogP contribution in [-0.4, -0.2) is 70.0 Å². The van der Waals surface area contributed by atoms with Gasteiger partial charge in [-0.1, -0.05) is 33.8 Å². The van der Waals surface area contributed by atoms with E-state index < -0.39 is 17.7 Å². The van der Waals surface area contributed by atoms with E-state index in [1.165, 1.54) is 0 Å². The van der Waals surface area contributed by atoms with Crippen molar-refractivity contribution in [3.05, 3.63) is 30.1 Å². The first-order valence-corrected chi connectivity index (χ1v) is 12.0. The minimum absolute atomic E-state index is 0.00703. The van der Waals surface area contributed by atoms with Gasteiger partial charge in [0.05, 0.1) is 12.5 Å². The third-order valence-electron chi connectivity index (χ3n) is 4.40.